The van der Waals surface area contributed by atoms with E-state index in [1.165, 1.54) is 0 Å². The molecular formula is C14H19NO4. The molecule has 1 aliphatic heterocycles. The Hall–Kier alpha value is -1.59. The van der Waals surface area contributed by atoms with Crippen molar-refractivity contribution in [3.05, 3.63) is 29.8 Å². The Morgan fingerprint density at radius 2 is 2.16 bits per heavy atom. The van der Waals surface area contributed by atoms with Crippen molar-refractivity contribution in [1.82, 2.24) is 5.32 Å². The van der Waals surface area contributed by atoms with Crippen molar-refractivity contribution in [3.63, 3.8) is 0 Å². The molecule has 5 heteroatoms. The first-order chi connectivity index (χ1) is 9.20. The van der Waals surface area contributed by atoms with Crippen LogP contribution in [0.1, 0.15) is 23.7 Å². The molecule has 1 saturated heterocycles. The molecular weight excluding hydrogens is 246 g/mol. The van der Waals surface area contributed by atoms with Gasteiger partial charge in [-0.15, -0.1) is 0 Å². The van der Waals surface area contributed by atoms with Gasteiger partial charge in [0.15, 0.2) is 0 Å². The zero-order valence-electron chi connectivity index (χ0n) is 11.0. The molecule has 2 atom stereocenters. The Bertz CT molecular complexity index is 418. The van der Waals surface area contributed by atoms with E-state index in [-0.39, 0.29) is 18.6 Å². The molecule has 0 bridgehead atoms. The maximum Gasteiger partial charge on any atom is 0.251 e. The first kappa shape index (κ1) is 13.8. The average molecular weight is 265 g/mol. The van der Waals surface area contributed by atoms with Crippen molar-refractivity contribution in [3.8, 4) is 5.75 Å². The van der Waals surface area contributed by atoms with Crippen LogP contribution in [0.2, 0.25) is 0 Å². The Morgan fingerprint density at radius 1 is 1.42 bits per heavy atom. The van der Waals surface area contributed by atoms with Gasteiger partial charge < -0.3 is 19.9 Å². The fourth-order valence-corrected chi connectivity index (χ4v) is 1.86. The van der Waals surface area contributed by atoms with Gasteiger partial charge >= 0.3 is 0 Å². The maximum absolute atomic E-state index is 12.0. The lowest BCUT2D eigenvalue weighted by Gasteiger charge is -2.14. The first-order valence-corrected chi connectivity index (χ1v) is 6.50. The number of hydrogen-bond donors (Lipinski definition) is 2. The number of aliphatic hydroxyl groups is 1. The minimum atomic E-state index is -0.629. The predicted molar refractivity (Wildman–Crippen MR) is 70.3 cm³/mol. The summed E-state index contributed by atoms with van der Waals surface area (Å²) in [4.78, 5) is 12.0. The molecule has 1 aliphatic rings. The van der Waals surface area contributed by atoms with E-state index in [2.05, 4.69) is 5.32 Å². The minimum absolute atomic E-state index is 0.211. The van der Waals surface area contributed by atoms with Crippen LogP contribution >= 0.6 is 0 Å². The van der Waals surface area contributed by atoms with Crippen LogP contribution in [0.5, 0.6) is 5.75 Å². The third kappa shape index (κ3) is 3.68. The molecule has 104 valence electrons. The molecule has 0 spiro atoms. The van der Waals surface area contributed by atoms with Crippen molar-refractivity contribution < 1.29 is 19.4 Å². The van der Waals surface area contributed by atoms with Crippen molar-refractivity contribution in [1.29, 1.82) is 0 Å². The summed E-state index contributed by atoms with van der Waals surface area (Å²) in [5.74, 6) is 0.541. The molecule has 0 unspecified atom stereocenters. The number of carbonyl (C=O) groups excluding carboxylic acids is 1. The van der Waals surface area contributed by atoms with Gasteiger partial charge in [0.05, 0.1) is 32.0 Å². The topological polar surface area (TPSA) is 67.8 Å². The maximum atomic E-state index is 12.0. The first-order valence-electron chi connectivity index (χ1n) is 6.50. The van der Waals surface area contributed by atoms with E-state index in [4.69, 9.17) is 9.47 Å². The highest BCUT2D eigenvalue weighted by Gasteiger charge is 2.27. The van der Waals surface area contributed by atoms with Crippen LogP contribution in [-0.2, 0) is 4.74 Å². The number of nitrogens with one attached hydrogen (secondary N) is 1. The van der Waals surface area contributed by atoms with Crippen LogP contribution in [0.15, 0.2) is 24.3 Å². The van der Waals surface area contributed by atoms with Gasteiger partial charge in [-0.25, -0.2) is 0 Å². The fourth-order valence-electron chi connectivity index (χ4n) is 1.86. The summed E-state index contributed by atoms with van der Waals surface area (Å²) in [6, 6.07) is 6.63. The molecule has 19 heavy (non-hydrogen) atoms. The number of rotatable bonds is 5. The molecule has 0 aromatic heterocycles. The molecule has 2 rings (SSSR count). The van der Waals surface area contributed by atoms with Gasteiger partial charge in [-0.1, -0.05) is 6.92 Å². The van der Waals surface area contributed by atoms with E-state index >= 15 is 0 Å². The third-order valence-corrected chi connectivity index (χ3v) is 2.96. The van der Waals surface area contributed by atoms with Crippen molar-refractivity contribution in [2.24, 2.45) is 0 Å². The van der Waals surface area contributed by atoms with Gasteiger partial charge in [0.1, 0.15) is 5.75 Å². The molecule has 1 amide bonds. The van der Waals surface area contributed by atoms with Crippen molar-refractivity contribution >= 4 is 5.91 Å². The second-order valence-corrected chi connectivity index (χ2v) is 4.56. The van der Waals surface area contributed by atoms with Crippen molar-refractivity contribution in [2.45, 2.75) is 25.5 Å². The van der Waals surface area contributed by atoms with E-state index in [1.807, 2.05) is 6.92 Å². The molecule has 0 saturated carbocycles. The zero-order chi connectivity index (χ0) is 13.7. The summed E-state index contributed by atoms with van der Waals surface area (Å²) < 4.78 is 10.5. The SMILES string of the molecule is CCCOc1ccc(C(=O)N[C@H]2COC[C@@H]2O)cc1. The normalized spacial score (nSPS) is 22.2. The van der Waals surface area contributed by atoms with Gasteiger partial charge in [0.25, 0.3) is 5.91 Å². The Kier molecular flexibility index (Phi) is 4.76. The van der Waals surface area contributed by atoms with Gasteiger partial charge in [0.2, 0.25) is 0 Å². The standard InChI is InChI=1S/C14H19NO4/c1-2-7-19-11-5-3-10(4-6-11)14(17)15-12-8-18-9-13(12)16/h3-6,12-13,16H,2,7-9H2,1H3,(H,15,17)/t12-,13-/m0/s1. The van der Waals surface area contributed by atoms with E-state index in [0.717, 1.165) is 12.2 Å². The predicted octanol–water partition coefficient (Wildman–Crippen LogP) is 0.965. The number of carbonyl (C=O) groups is 1. The van der Waals surface area contributed by atoms with E-state index in [1.54, 1.807) is 24.3 Å². The highest BCUT2D eigenvalue weighted by atomic mass is 16.5. The number of amides is 1. The molecule has 0 aliphatic carbocycles. The van der Waals surface area contributed by atoms with Gasteiger partial charge in [-0.2, -0.15) is 0 Å². The Morgan fingerprint density at radius 3 is 2.74 bits per heavy atom. The summed E-state index contributed by atoms with van der Waals surface area (Å²) in [6.07, 6.45) is 0.318. The zero-order valence-corrected chi connectivity index (χ0v) is 11.0. The minimum Gasteiger partial charge on any atom is -0.494 e. The summed E-state index contributed by atoms with van der Waals surface area (Å²) in [5, 5.41) is 12.3. The summed E-state index contributed by atoms with van der Waals surface area (Å²) in [6.45, 7) is 3.33. The lowest BCUT2D eigenvalue weighted by Crippen LogP contribution is -2.42. The molecule has 1 fully saturated rings. The van der Waals surface area contributed by atoms with Gasteiger partial charge in [-0.05, 0) is 30.7 Å². The van der Waals surface area contributed by atoms with E-state index < -0.39 is 6.10 Å². The summed E-state index contributed by atoms with van der Waals surface area (Å²) in [7, 11) is 0. The lowest BCUT2D eigenvalue weighted by molar-refractivity contribution is 0.0886. The molecule has 5 nitrogen and oxygen atoms in total. The second-order valence-electron chi connectivity index (χ2n) is 4.56. The van der Waals surface area contributed by atoms with E-state index in [0.29, 0.717) is 18.8 Å². The largest absolute Gasteiger partial charge is 0.494 e. The van der Waals surface area contributed by atoms with Crippen LogP contribution < -0.4 is 10.1 Å². The Labute approximate surface area is 112 Å². The smallest absolute Gasteiger partial charge is 0.251 e. The monoisotopic (exact) mass is 265 g/mol. The summed E-state index contributed by atoms with van der Waals surface area (Å²) >= 11 is 0. The quantitative estimate of drug-likeness (QED) is 0.832. The van der Waals surface area contributed by atoms with Crippen LogP contribution in [0.3, 0.4) is 0 Å². The second kappa shape index (κ2) is 6.54. The number of hydrogen-bond acceptors (Lipinski definition) is 4. The fraction of sp³-hybridized carbons (Fsp3) is 0.500. The molecule has 2 N–H and O–H groups in total. The van der Waals surface area contributed by atoms with E-state index in [9.17, 15) is 9.90 Å². The number of aliphatic hydroxyl groups excluding tert-OH is 1. The average Bonchev–Trinajstić information content (AvgIpc) is 2.82. The molecule has 1 aromatic carbocycles. The number of benzene rings is 1. The van der Waals surface area contributed by atoms with Gasteiger partial charge in [-0.3, -0.25) is 4.79 Å². The number of ether oxygens (including phenoxy) is 2. The highest BCUT2D eigenvalue weighted by Crippen LogP contribution is 2.13. The van der Waals surface area contributed by atoms with Crippen LogP contribution in [0, 0.1) is 0 Å². The highest BCUT2D eigenvalue weighted by molar-refractivity contribution is 5.94. The van der Waals surface area contributed by atoms with Crippen molar-refractivity contribution in [2.75, 3.05) is 19.8 Å². The molecule has 1 aromatic rings. The molecule has 0 radical (unpaired) electrons. The van der Waals surface area contributed by atoms with Crippen LogP contribution in [0.25, 0.3) is 0 Å². The van der Waals surface area contributed by atoms with Gasteiger partial charge in [0, 0.05) is 5.56 Å². The van der Waals surface area contributed by atoms with Crippen LogP contribution in [0.4, 0.5) is 0 Å². The third-order valence-electron chi connectivity index (χ3n) is 2.96. The lowest BCUT2D eigenvalue weighted by atomic mass is 10.1. The molecule has 1 heterocycles. The summed E-state index contributed by atoms with van der Waals surface area (Å²) in [5.41, 5.74) is 0.544. The Balaban J connectivity index is 1.91. The van der Waals surface area contributed by atoms with Crippen LogP contribution in [-0.4, -0.2) is 43.0 Å².